The van der Waals surface area contributed by atoms with Crippen LogP contribution in [0.3, 0.4) is 0 Å². The van der Waals surface area contributed by atoms with Crippen molar-refractivity contribution in [1.29, 1.82) is 0 Å². The van der Waals surface area contributed by atoms with Crippen molar-refractivity contribution in [2.24, 2.45) is 17.8 Å². The number of aromatic nitrogens is 4. The van der Waals surface area contributed by atoms with Crippen LogP contribution >= 0.6 is 0 Å². The fraction of sp³-hybridized carbons (Fsp3) is 0.404. The summed E-state index contributed by atoms with van der Waals surface area (Å²) in [5.74, 6) is 3.12. The van der Waals surface area contributed by atoms with E-state index in [1.165, 1.54) is 14.2 Å². The van der Waals surface area contributed by atoms with Gasteiger partial charge in [0.1, 0.15) is 48.4 Å². The number of aromatic amines is 2. The molecule has 0 spiro atoms. The number of alkyl carbamates (subject to hydrolysis) is 2. The molecule has 2 aliphatic carbocycles. The minimum absolute atomic E-state index is 0.122. The third-order valence-electron chi connectivity index (χ3n) is 13.0. The van der Waals surface area contributed by atoms with E-state index in [2.05, 4.69) is 38.1 Å². The maximum atomic E-state index is 13.9. The van der Waals surface area contributed by atoms with E-state index >= 15 is 0 Å². The van der Waals surface area contributed by atoms with Crippen molar-refractivity contribution in [3.05, 3.63) is 95.3 Å². The molecule has 2 saturated carbocycles. The zero-order chi connectivity index (χ0) is 43.5. The maximum absolute atomic E-state index is 13.9. The topological polar surface area (TPSA) is 202 Å². The van der Waals surface area contributed by atoms with Crippen molar-refractivity contribution in [2.75, 3.05) is 14.2 Å². The number of hydrogen-bond acceptors (Lipinski definition) is 10. The average molecular weight is 855 g/mol. The molecule has 0 radical (unpaired) electrons. The van der Waals surface area contributed by atoms with Gasteiger partial charge in [0.15, 0.2) is 0 Å². The number of nitrogens with zero attached hydrogens (tertiary/aromatic N) is 3. The summed E-state index contributed by atoms with van der Waals surface area (Å²) >= 11 is 0. The van der Waals surface area contributed by atoms with E-state index in [9.17, 15) is 19.2 Å². The number of fused-ring (bicyclic) bond motifs is 1. The Hall–Kier alpha value is -6.84. The molecule has 63 heavy (non-hydrogen) atoms. The molecule has 3 aliphatic heterocycles. The number of H-pyrrole nitrogens is 2. The molecule has 16 heteroatoms. The third kappa shape index (κ3) is 7.71. The van der Waals surface area contributed by atoms with Crippen LogP contribution in [0.5, 0.6) is 11.5 Å². The highest BCUT2D eigenvalue weighted by molar-refractivity contribution is 5.90. The predicted octanol–water partition coefficient (Wildman–Crippen LogP) is 7.02. The van der Waals surface area contributed by atoms with Gasteiger partial charge >= 0.3 is 12.2 Å². The molecule has 5 N–H and O–H groups in total. The Morgan fingerprint density at radius 2 is 1.44 bits per heavy atom. The fourth-order valence-electron chi connectivity index (χ4n) is 9.49. The summed E-state index contributed by atoms with van der Waals surface area (Å²) in [7, 11) is 2.56. The quantitative estimate of drug-likeness (QED) is 0.0820. The number of imidazole rings is 2. The molecule has 0 unspecified atom stereocenters. The van der Waals surface area contributed by atoms with Gasteiger partial charge in [0.05, 0.1) is 50.1 Å². The molecule has 4 amide bonds. The molecule has 326 valence electrons. The largest absolute Gasteiger partial charge is 0.488 e. The lowest BCUT2D eigenvalue weighted by Gasteiger charge is -2.32. The van der Waals surface area contributed by atoms with Crippen molar-refractivity contribution in [3.8, 4) is 45.1 Å². The zero-order valence-electron chi connectivity index (χ0n) is 35.5. The fourth-order valence-corrected chi connectivity index (χ4v) is 9.49. The lowest BCUT2D eigenvalue weighted by atomic mass is 9.87. The van der Waals surface area contributed by atoms with Crippen LogP contribution < -0.4 is 25.4 Å². The van der Waals surface area contributed by atoms with Gasteiger partial charge in [0.2, 0.25) is 11.8 Å². The second-order valence-corrected chi connectivity index (χ2v) is 17.6. The minimum atomic E-state index is -0.950. The van der Waals surface area contributed by atoms with Gasteiger partial charge in [0, 0.05) is 39.4 Å². The Morgan fingerprint density at radius 1 is 0.810 bits per heavy atom. The Morgan fingerprint density at radius 3 is 2.08 bits per heavy atom. The Balaban J connectivity index is 0.884. The summed E-state index contributed by atoms with van der Waals surface area (Å²) < 4.78 is 22.6. The van der Waals surface area contributed by atoms with Crippen LogP contribution in [-0.2, 0) is 32.3 Å². The van der Waals surface area contributed by atoms with Crippen LogP contribution in [0, 0.1) is 17.8 Å². The monoisotopic (exact) mass is 854 g/mol. The first-order valence-electron chi connectivity index (χ1n) is 21.6. The number of hydrogen-bond donors (Lipinski definition) is 5. The third-order valence-corrected chi connectivity index (χ3v) is 13.0. The molecule has 2 aromatic heterocycles. The SMILES string of the molecule is COC(=O)N[C@H](C(=O)N1[C@@H]2C[C@@H]2C[C@H]1c1ncc(-c2cc3c4c(c2)OCc2cc(-c5cnc([C@H](CC6CC6)NC(=O)[C@H](NC(=O)OC)c6ccccc6)[nH]5)cc(c2-4)OC3)[nH]1)C(C)C. The number of methoxy groups -OCH3 is 2. The molecule has 1 saturated heterocycles. The highest BCUT2D eigenvalue weighted by atomic mass is 16.5. The van der Waals surface area contributed by atoms with Crippen molar-refractivity contribution in [1.82, 2.24) is 40.8 Å². The summed E-state index contributed by atoms with van der Waals surface area (Å²) in [6.45, 7) is 4.49. The highest BCUT2D eigenvalue weighted by Gasteiger charge is 2.56. The minimum Gasteiger partial charge on any atom is -0.488 e. The van der Waals surface area contributed by atoms with Crippen LogP contribution in [0.25, 0.3) is 33.6 Å². The second kappa shape index (κ2) is 16.1. The average Bonchev–Trinajstić information content (AvgIpc) is 4.08. The summed E-state index contributed by atoms with van der Waals surface area (Å²) in [5, 5.41) is 8.58. The number of benzene rings is 3. The van der Waals surface area contributed by atoms with Gasteiger partial charge in [-0.2, -0.15) is 0 Å². The van der Waals surface area contributed by atoms with E-state index in [4.69, 9.17) is 28.9 Å². The van der Waals surface area contributed by atoms with Gasteiger partial charge in [-0.3, -0.25) is 9.59 Å². The van der Waals surface area contributed by atoms with Gasteiger partial charge in [-0.1, -0.05) is 57.0 Å². The number of rotatable bonds is 13. The lowest BCUT2D eigenvalue weighted by Crippen LogP contribution is -2.52. The van der Waals surface area contributed by atoms with Crippen LogP contribution in [0.15, 0.2) is 67.0 Å². The molecule has 3 aromatic carbocycles. The van der Waals surface area contributed by atoms with Crippen molar-refractivity contribution in [2.45, 2.75) is 89.4 Å². The van der Waals surface area contributed by atoms with E-state index in [0.29, 0.717) is 48.7 Å². The number of ether oxygens (including phenoxy) is 4. The van der Waals surface area contributed by atoms with Crippen LogP contribution in [0.4, 0.5) is 9.59 Å². The molecule has 0 bridgehead atoms. The predicted molar refractivity (Wildman–Crippen MR) is 229 cm³/mol. The van der Waals surface area contributed by atoms with Crippen molar-refractivity contribution >= 4 is 24.0 Å². The maximum Gasteiger partial charge on any atom is 0.407 e. The molecular weight excluding hydrogens is 805 g/mol. The zero-order valence-corrected chi connectivity index (χ0v) is 35.5. The van der Waals surface area contributed by atoms with Gasteiger partial charge in [0.25, 0.3) is 0 Å². The van der Waals surface area contributed by atoms with Crippen LogP contribution in [-0.4, -0.2) is 75.1 Å². The summed E-state index contributed by atoms with van der Waals surface area (Å²) in [6, 6.07) is 15.2. The van der Waals surface area contributed by atoms with Gasteiger partial charge < -0.3 is 49.8 Å². The van der Waals surface area contributed by atoms with Crippen molar-refractivity contribution in [3.63, 3.8) is 0 Å². The van der Waals surface area contributed by atoms with E-state index in [1.807, 2.05) is 49.1 Å². The van der Waals surface area contributed by atoms with Gasteiger partial charge in [-0.05, 0) is 66.8 Å². The molecule has 10 rings (SSSR count). The van der Waals surface area contributed by atoms with E-state index in [0.717, 1.165) is 82.0 Å². The number of likely N-dealkylation sites (tertiary alicyclic amines) is 1. The molecule has 5 aromatic rings. The summed E-state index contributed by atoms with van der Waals surface area (Å²) in [4.78, 5) is 70.6. The number of carbonyl (C=O) groups excluding carboxylic acids is 4. The molecule has 5 aliphatic rings. The Bertz CT molecular complexity index is 2550. The van der Waals surface area contributed by atoms with E-state index in [-0.39, 0.29) is 29.8 Å². The molecule has 16 nitrogen and oxygen atoms in total. The number of amides is 4. The van der Waals surface area contributed by atoms with E-state index in [1.54, 1.807) is 24.5 Å². The smallest absolute Gasteiger partial charge is 0.407 e. The first-order chi connectivity index (χ1) is 30.6. The normalized spacial score (nSPS) is 20.3. The van der Waals surface area contributed by atoms with Crippen LogP contribution in [0.2, 0.25) is 0 Å². The first kappa shape index (κ1) is 40.2. The molecular formula is C47H50N8O8. The number of piperidine rings is 1. The number of nitrogens with one attached hydrogen (secondary N) is 5. The molecule has 6 atom stereocenters. The number of carbonyl (C=O) groups is 4. The molecule has 5 heterocycles. The molecule has 3 fully saturated rings. The second-order valence-electron chi connectivity index (χ2n) is 17.6. The van der Waals surface area contributed by atoms with Crippen molar-refractivity contribution < 1.29 is 38.1 Å². The summed E-state index contributed by atoms with van der Waals surface area (Å²) in [6.07, 6.45) is 6.90. The van der Waals surface area contributed by atoms with Gasteiger partial charge in [-0.25, -0.2) is 19.6 Å². The van der Waals surface area contributed by atoms with Crippen LogP contribution in [0.1, 0.15) is 92.4 Å². The standard InChI is InChI=1S/C47H50N8O8/c1-23(2)40(53-46(58)60-3)45(57)55-34-15-28(34)16-35(55)43-49-20-33(51-43)27-14-30-22-62-36-17-26(13-29-21-63-37(18-27)39(30)38(29)36)32-19-48-42(50-32)31(12-24-10-11-24)52-44(56)41(54-47(59)61-4)25-8-6-5-7-9-25/h5-9,13-14,17-20,23-24,28,31,34-35,40-41H,10-12,15-16,21-22H2,1-4H3,(H,48,50)(H,49,51)(H,52,56)(H,53,58)(H,54,59)/t28-,31+,34-,35+,40+,41-/m1/s1. The lowest BCUT2D eigenvalue weighted by molar-refractivity contribution is -0.136. The van der Waals surface area contributed by atoms with E-state index < -0.39 is 30.3 Å². The Kier molecular flexibility index (Phi) is 10.3. The Labute approximate surface area is 363 Å². The van der Waals surface area contributed by atoms with Gasteiger partial charge in [-0.15, -0.1) is 0 Å². The first-order valence-corrected chi connectivity index (χ1v) is 21.6. The highest BCUT2D eigenvalue weighted by Crippen LogP contribution is 2.54. The summed E-state index contributed by atoms with van der Waals surface area (Å²) in [5.41, 5.74) is 7.98.